The highest BCUT2D eigenvalue weighted by atomic mass is 16.5. The number of carbonyl (C=O) groups is 1. The predicted octanol–water partition coefficient (Wildman–Crippen LogP) is 6.13. The maximum absolute atomic E-state index is 13.8. The Morgan fingerprint density at radius 2 is 1.72 bits per heavy atom. The lowest BCUT2D eigenvalue weighted by Gasteiger charge is -2.45. The number of allylic oxidation sites excluding steroid dienone is 1. The first-order valence-corrected chi connectivity index (χ1v) is 14.2. The lowest BCUT2D eigenvalue weighted by Crippen LogP contribution is -2.52. The number of aryl methyl sites for hydroxylation is 1. The van der Waals surface area contributed by atoms with Gasteiger partial charge < -0.3 is 14.4 Å². The molecule has 5 heteroatoms. The summed E-state index contributed by atoms with van der Waals surface area (Å²) in [5.41, 5.74) is 4.64. The Morgan fingerprint density at radius 3 is 2.46 bits per heavy atom. The lowest BCUT2D eigenvalue weighted by molar-refractivity contribution is -0.133. The van der Waals surface area contributed by atoms with Gasteiger partial charge in [-0.2, -0.15) is 0 Å². The van der Waals surface area contributed by atoms with Crippen molar-refractivity contribution in [1.82, 2.24) is 9.80 Å². The standard InChI is InChI=1S/C34H40N2O3/c1-33(2)21-29-28(14-13-24-19-26(38-4)20-30(39-5)31(24)33)32(37)35(3)34(29)15-17-36(18-16-34)22-25-11-8-10-23-9-6-7-12-27(23)25/h6-12,19-21,28H,13-18,22H2,1-5H3/b29-21+. The van der Waals surface area contributed by atoms with Crippen molar-refractivity contribution in [3.63, 3.8) is 0 Å². The van der Waals surface area contributed by atoms with Gasteiger partial charge in [0.05, 0.1) is 25.7 Å². The van der Waals surface area contributed by atoms with Crippen LogP contribution in [0.1, 0.15) is 49.8 Å². The topological polar surface area (TPSA) is 42.0 Å². The third-order valence-corrected chi connectivity index (χ3v) is 9.62. The number of nitrogens with zero attached hydrogens (tertiary/aromatic N) is 2. The van der Waals surface area contributed by atoms with Crippen molar-refractivity contribution >= 4 is 16.7 Å². The second kappa shape index (κ2) is 9.71. The number of fused-ring (bicyclic) bond motifs is 4. The number of amides is 1. The molecule has 2 saturated heterocycles. The molecule has 0 N–H and O–H groups in total. The normalized spacial score (nSPS) is 23.5. The first kappa shape index (κ1) is 25.9. The highest BCUT2D eigenvalue weighted by molar-refractivity contribution is 5.88. The van der Waals surface area contributed by atoms with Gasteiger partial charge in [-0.1, -0.05) is 62.4 Å². The van der Waals surface area contributed by atoms with Gasteiger partial charge in [-0.15, -0.1) is 0 Å². The molecule has 0 radical (unpaired) electrons. The van der Waals surface area contributed by atoms with Gasteiger partial charge in [0.15, 0.2) is 0 Å². The molecule has 204 valence electrons. The molecule has 39 heavy (non-hydrogen) atoms. The Labute approximate surface area is 232 Å². The van der Waals surface area contributed by atoms with E-state index in [2.05, 4.69) is 78.3 Å². The molecule has 1 atom stereocenters. The second-order valence-corrected chi connectivity index (χ2v) is 12.1. The molecule has 6 rings (SSSR count). The Morgan fingerprint density at radius 1 is 0.974 bits per heavy atom. The van der Waals surface area contributed by atoms with Crippen molar-refractivity contribution in [2.75, 3.05) is 34.4 Å². The van der Waals surface area contributed by atoms with Crippen LogP contribution in [0.5, 0.6) is 11.5 Å². The fourth-order valence-electron chi connectivity index (χ4n) is 7.60. The summed E-state index contributed by atoms with van der Waals surface area (Å²) < 4.78 is 11.5. The van der Waals surface area contributed by atoms with Gasteiger partial charge in [-0.25, -0.2) is 0 Å². The zero-order valence-corrected chi connectivity index (χ0v) is 23.9. The molecule has 0 saturated carbocycles. The number of ether oxygens (including phenoxy) is 2. The van der Waals surface area contributed by atoms with Crippen LogP contribution >= 0.6 is 0 Å². The van der Waals surface area contributed by atoms with Gasteiger partial charge >= 0.3 is 0 Å². The van der Waals surface area contributed by atoms with Gasteiger partial charge in [0.2, 0.25) is 5.91 Å². The van der Waals surface area contributed by atoms with Crippen LogP contribution in [-0.2, 0) is 23.2 Å². The summed E-state index contributed by atoms with van der Waals surface area (Å²) >= 11 is 0. The van der Waals surface area contributed by atoms with Gasteiger partial charge in [0, 0.05) is 43.7 Å². The number of benzene rings is 3. The van der Waals surface area contributed by atoms with Crippen LogP contribution in [0.4, 0.5) is 0 Å². The minimum Gasteiger partial charge on any atom is -0.497 e. The summed E-state index contributed by atoms with van der Waals surface area (Å²) in [4.78, 5) is 18.5. The van der Waals surface area contributed by atoms with Crippen molar-refractivity contribution in [3.8, 4) is 11.5 Å². The fourth-order valence-corrected chi connectivity index (χ4v) is 7.60. The van der Waals surface area contributed by atoms with Crippen LogP contribution in [0, 0.1) is 5.92 Å². The highest BCUT2D eigenvalue weighted by Gasteiger charge is 2.54. The predicted molar refractivity (Wildman–Crippen MR) is 156 cm³/mol. The van der Waals surface area contributed by atoms with E-state index >= 15 is 0 Å². The second-order valence-electron chi connectivity index (χ2n) is 12.1. The van der Waals surface area contributed by atoms with Crippen LogP contribution in [0.3, 0.4) is 0 Å². The third-order valence-electron chi connectivity index (χ3n) is 9.62. The Kier molecular flexibility index (Phi) is 6.46. The molecule has 2 aliphatic heterocycles. The molecule has 3 aliphatic rings. The molecular formula is C34H40N2O3. The number of likely N-dealkylation sites (N-methyl/N-ethyl adjacent to an activating group) is 1. The number of likely N-dealkylation sites (tertiary alicyclic amines) is 2. The smallest absolute Gasteiger partial charge is 0.230 e. The van der Waals surface area contributed by atoms with Gasteiger partial charge in [-0.05, 0) is 59.2 Å². The van der Waals surface area contributed by atoms with E-state index in [9.17, 15) is 4.79 Å². The molecule has 1 unspecified atom stereocenters. The Balaban J connectivity index is 1.33. The Hall–Kier alpha value is -3.31. The summed E-state index contributed by atoms with van der Waals surface area (Å²) in [5, 5.41) is 2.63. The van der Waals surface area contributed by atoms with Crippen molar-refractivity contribution in [1.29, 1.82) is 0 Å². The van der Waals surface area contributed by atoms with Gasteiger partial charge in [0.1, 0.15) is 11.5 Å². The maximum Gasteiger partial charge on any atom is 0.230 e. The molecule has 1 spiro atoms. The van der Waals surface area contributed by atoms with E-state index in [0.29, 0.717) is 0 Å². The lowest BCUT2D eigenvalue weighted by atomic mass is 9.69. The van der Waals surface area contributed by atoms with E-state index in [1.807, 2.05) is 13.1 Å². The number of piperidine rings is 1. The molecule has 1 aliphatic carbocycles. The first-order valence-electron chi connectivity index (χ1n) is 14.2. The van der Waals surface area contributed by atoms with Crippen LogP contribution in [0.2, 0.25) is 0 Å². The molecule has 5 nitrogen and oxygen atoms in total. The molecule has 2 heterocycles. The SMILES string of the molecule is COc1cc2c(c(OC)c1)C(C)(C)/C=C1\C(CC2)C(=O)N(C)C12CCN(Cc1cccc3ccccc13)CC2. The summed E-state index contributed by atoms with van der Waals surface area (Å²) in [7, 11) is 5.47. The zero-order chi connectivity index (χ0) is 27.4. The summed E-state index contributed by atoms with van der Waals surface area (Å²) in [6, 6.07) is 19.4. The average Bonchev–Trinajstić information content (AvgIpc) is 3.12. The van der Waals surface area contributed by atoms with Crippen LogP contribution in [0.25, 0.3) is 10.8 Å². The van der Waals surface area contributed by atoms with Crippen molar-refractivity contribution in [3.05, 3.63) is 82.9 Å². The van der Waals surface area contributed by atoms with Crippen LogP contribution in [-0.4, -0.2) is 55.6 Å². The number of hydrogen-bond acceptors (Lipinski definition) is 4. The fraction of sp³-hybridized carbons (Fsp3) is 0.441. The molecular weight excluding hydrogens is 484 g/mol. The largest absolute Gasteiger partial charge is 0.497 e. The molecule has 2 fully saturated rings. The summed E-state index contributed by atoms with van der Waals surface area (Å²) in [6.07, 6.45) is 6.00. The van der Waals surface area contributed by atoms with E-state index < -0.39 is 0 Å². The first-order chi connectivity index (χ1) is 18.8. The minimum absolute atomic E-state index is 0.0655. The van der Waals surface area contributed by atoms with Crippen molar-refractivity contribution < 1.29 is 14.3 Å². The van der Waals surface area contributed by atoms with E-state index in [4.69, 9.17) is 9.47 Å². The molecule has 0 aromatic heterocycles. The molecule has 1 amide bonds. The maximum atomic E-state index is 13.8. The zero-order valence-electron chi connectivity index (χ0n) is 23.9. The minimum atomic E-state index is -0.278. The summed E-state index contributed by atoms with van der Waals surface area (Å²) in [5.74, 6) is 1.87. The Bertz CT molecular complexity index is 1440. The number of rotatable bonds is 4. The molecule has 0 bridgehead atoms. The van der Waals surface area contributed by atoms with E-state index in [1.54, 1.807) is 14.2 Å². The van der Waals surface area contributed by atoms with E-state index in [0.717, 1.165) is 56.8 Å². The molecule has 3 aromatic carbocycles. The quantitative estimate of drug-likeness (QED) is 0.385. The number of methoxy groups -OCH3 is 2. The van der Waals surface area contributed by atoms with Crippen LogP contribution in [0.15, 0.2) is 66.2 Å². The molecule has 3 aromatic rings. The van der Waals surface area contributed by atoms with Crippen molar-refractivity contribution in [2.24, 2.45) is 5.92 Å². The number of carbonyl (C=O) groups excluding carboxylic acids is 1. The van der Waals surface area contributed by atoms with E-state index in [1.165, 1.54) is 33.0 Å². The monoisotopic (exact) mass is 524 g/mol. The summed E-state index contributed by atoms with van der Waals surface area (Å²) in [6.45, 7) is 7.42. The highest BCUT2D eigenvalue weighted by Crippen LogP contribution is 2.51. The third kappa shape index (κ3) is 4.22. The van der Waals surface area contributed by atoms with Crippen molar-refractivity contribution in [2.45, 2.75) is 57.0 Å². The van der Waals surface area contributed by atoms with E-state index in [-0.39, 0.29) is 22.8 Å². The van der Waals surface area contributed by atoms with Crippen LogP contribution < -0.4 is 9.47 Å². The average molecular weight is 525 g/mol. The van der Waals surface area contributed by atoms with Gasteiger partial charge in [0.25, 0.3) is 0 Å². The van der Waals surface area contributed by atoms with Gasteiger partial charge in [-0.3, -0.25) is 9.69 Å². The number of hydrogen-bond donors (Lipinski definition) is 0.